The smallest absolute Gasteiger partial charge is 0.276 e. The maximum Gasteiger partial charge on any atom is 0.276 e. The third kappa shape index (κ3) is 3.81. The monoisotopic (exact) mass is 332 g/mol. The molecule has 1 amide bonds. The number of carbonyl (C=O) groups excluding carboxylic acids is 1. The zero-order valence-electron chi connectivity index (χ0n) is 15.5. The summed E-state index contributed by atoms with van der Waals surface area (Å²) in [5.74, 6) is 0.765. The highest BCUT2D eigenvalue weighted by atomic mass is 16.2. The molecule has 5 heteroatoms. The van der Waals surface area contributed by atoms with E-state index in [1.807, 2.05) is 6.20 Å². The molecule has 1 aliphatic carbocycles. The molecule has 0 unspecified atom stereocenters. The predicted molar refractivity (Wildman–Crippen MR) is 94.9 cm³/mol. The summed E-state index contributed by atoms with van der Waals surface area (Å²) >= 11 is 0. The standard InChI is InChI=1S/C19H32N4O/c1-19(2,3)23-14-16(20-21-23)18(24)22-13-9-5-8-12-17(22)15-10-6-4-7-11-15/h14-15,17H,4-13H2,1-3H3/t17-/m0/s1. The Balaban J connectivity index is 1.80. The van der Waals surface area contributed by atoms with Crippen molar-refractivity contribution in [3.63, 3.8) is 0 Å². The van der Waals surface area contributed by atoms with Crippen molar-refractivity contribution in [3.8, 4) is 0 Å². The van der Waals surface area contributed by atoms with E-state index < -0.39 is 0 Å². The molecule has 2 heterocycles. The van der Waals surface area contributed by atoms with Gasteiger partial charge < -0.3 is 4.90 Å². The van der Waals surface area contributed by atoms with Gasteiger partial charge in [-0.15, -0.1) is 5.10 Å². The minimum atomic E-state index is -0.146. The number of nitrogens with zero attached hydrogens (tertiary/aromatic N) is 4. The number of rotatable bonds is 2. The van der Waals surface area contributed by atoms with Gasteiger partial charge in [0.25, 0.3) is 5.91 Å². The summed E-state index contributed by atoms with van der Waals surface area (Å²) in [5, 5.41) is 8.37. The average Bonchev–Trinajstić information content (AvgIpc) is 2.94. The molecule has 0 N–H and O–H groups in total. The SMILES string of the molecule is CC(C)(C)n1cc(C(=O)N2CCCCC[C@H]2C2CCCCC2)nn1. The summed E-state index contributed by atoms with van der Waals surface area (Å²) in [5.41, 5.74) is 0.361. The first-order chi connectivity index (χ1) is 11.5. The molecular weight excluding hydrogens is 300 g/mol. The molecule has 1 aliphatic heterocycles. The van der Waals surface area contributed by atoms with E-state index in [4.69, 9.17) is 0 Å². The molecule has 2 fully saturated rings. The second-order valence-corrected chi connectivity index (χ2v) is 8.53. The van der Waals surface area contributed by atoms with Crippen LogP contribution in [0.4, 0.5) is 0 Å². The Morgan fingerprint density at radius 3 is 2.38 bits per heavy atom. The highest BCUT2D eigenvalue weighted by molar-refractivity contribution is 5.92. The first kappa shape index (κ1) is 17.4. The fourth-order valence-electron chi connectivity index (χ4n) is 4.23. The predicted octanol–water partition coefficient (Wildman–Crippen LogP) is 4.00. The zero-order valence-corrected chi connectivity index (χ0v) is 15.5. The van der Waals surface area contributed by atoms with Crippen LogP contribution in [0.3, 0.4) is 0 Å². The van der Waals surface area contributed by atoms with Crippen molar-refractivity contribution in [2.45, 2.75) is 90.1 Å². The summed E-state index contributed by atoms with van der Waals surface area (Å²) in [4.78, 5) is 15.3. The van der Waals surface area contributed by atoms with Crippen LogP contribution in [0.25, 0.3) is 0 Å². The molecule has 1 saturated carbocycles. The molecule has 0 bridgehead atoms. The van der Waals surface area contributed by atoms with Gasteiger partial charge in [0.2, 0.25) is 0 Å². The van der Waals surface area contributed by atoms with Crippen molar-refractivity contribution in [1.29, 1.82) is 0 Å². The average molecular weight is 332 g/mol. The van der Waals surface area contributed by atoms with Gasteiger partial charge in [-0.1, -0.05) is 37.3 Å². The molecule has 1 atom stereocenters. The number of likely N-dealkylation sites (tertiary alicyclic amines) is 1. The van der Waals surface area contributed by atoms with E-state index in [0.29, 0.717) is 17.7 Å². The minimum absolute atomic E-state index is 0.0861. The van der Waals surface area contributed by atoms with Crippen LogP contribution in [0, 0.1) is 5.92 Å². The van der Waals surface area contributed by atoms with Crippen LogP contribution in [0.5, 0.6) is 0 Å². The fourth-order valence-corrected chi connectivity index (χ4v) is 4.23. The highest BCUT2D eigenvalue weighted by Crippen LogP contribution is 2.33. The van der Waals surface area contributed by atoms with Gasteiger partial charge in [0.15, 0.2) is 5.69 Å². The van der Waals surface area contributed by atoms with Gasteiger partial charge in [-0.25, -0.2) is 4.68 Å². The molecule has 1 aromatic rings. The van der Waals surface area contributed by atoms with Gasteiger partial charge in [-0.3, -0.25) is 4.79 Å². The largest absolute Gasteiger partial charge is 0.334 e. The Morgan fingerprint density at radius 1 is 1.04 bits per heavy atom. The van der Waals surface area contributed by atoms with Crippen LogP contribution in [-0.4, -0.2) is 38.4 Å². The van der Waals surface area contributed by atoms with Crippen molar-refractivity contribution in [2.75, 3.05) is 6.54 Å². The Kier molecular flexibility index (Phi) is 5.26. The topological polar surface area (TPSA) is 51.0 Å². The van der Waals surface area contributed by atoms with Crippen LogP contribution in [-0.2, 0) is 5.54 Å². The summed E-state index contributed by atoms with van der Waals surface area (Å²) < 4.78 is 1.80. The first-order valence-corrected chi connectivity index (χ1v) is 9.70. The van der Waals surface area contributed by atoms with Crippen LogP contribution in [0.15, 0.2) is 6.20 Å². The zero-order chi connectivity index (χ0) is 17.2. The van der Waals surface area contributed by atoms with Crippen molar-refractivity contribution in [3.05, 3.63) is 11.9 Å². The Bertz CT molecular complexity index is 554. The summed E-state index contributed by atoms with van der Waals surface area (Å²) in [6.07, 6.45) is 13.1. The lowest BCUT2D eigenvalue weighted by Gasteiger charge is -2.37. The number of hydrogen-bond donors (Lipinski definition) is 0. The van der Waals surface area contributed by atoms with Gasteiger partial charge >= 0.3 is 0 Å². The number of hydrogen-bond acceptors (Lipinski definition) is 3. The van der Waals surface area contributed by atoms with Crippen molar-refractivity contribution < 1.29 is 4.79 Å². The highest BCUT2D eigenvalue weighted by Gasteiger charge is 2.34. The van der Waals surface area contributed by atoms with E-state index in [1.54, 1.807) is 4.68 Å². The van der Waals surface area contributed by atoms with E-state index in [2.05, 4.69) is 36.0 Å². The molecule has 3 rings (SSSR count). The van der Waals surface area contributed by atoms with Crippen molar-refractivity contribution >= 4 is 5.91 Å². The van der Waals surface area contributed by atoms with E-state index >= 15 is 0 Å². The maximum atomic E-state index is 13.2. The second-order valence-electron chi connectivity index (χ2n) is 8.53. The maximum absolute atomic E-state index is 13.2. The molecule has 0 aromatic carbocycles. The van der Waals surface area contributed by atoms with Gasteiger partial charge in [0.1, 0.15) is 0 Å². The lowest BCUT2D eigenvalue weighted by atomic mass is 9.81. The molecule has 0 spiro atoms. The normalized spacial score (nSPS) is 24.0. The second kappa shape index (κ2) is 7.24. The van der Waals surface area contributed by atoms with Crippen LogP contribution in [0.1, 0.15) is 89.0 Å². The quantitative estimate of drug-likeness (QED) is 0.822. The Hall–Kier alpha value is -1.39. The number of carbonyl (C=O) groups is 1. The molecule has 0 radical (unpaired) electrons. The molecule has 5 nitrogen and oxygen atoms in total. The minimum Gasteiger partial charge on any atom is -0.334 e. The van der Waals surface area contributed by atoms with Crippen molar-refractivity contribution in [1.82, 2.24) is 19.9 Å². The van der Waals surface area contributed by atoms with E-state index in [0.717, 1.165) is 19.4 Å². The fraction of sp³-hybridized carbons (Fsp3) is 0.842. The van der Waals surface area contributed by atoms with Gasteiger partial charge in [-0.2, -0.15) is 0 Å². The Morgan fingerprint density at radius 2 is 1.71 bits per heavy atom. The lowest BCUT2D eigenvalue weighted by molar-refractivity contribution is 0.0569. The van der Waals surface area contributed by atoms with Crippen LogP contribution < -0.4 is 0 Å². The Labute approximate surface area is 145 Å². The van der Waals surface area contributed by atoms with E-state index in [1.165, 1.54) is 44.9 Å². The number of aromatic nitrogens is 3. The third-order valence-corrected chi connectivity index (χ3v) is 5.65. The third-order valence-electron chi connectivity index (χ3n) is 5.65. The van der Waals surface area contributed by atoms with E-state index in [9.17, 15) is 4.79 Å². The molecule has 24 heavy (non-hydrogen) atoms. The van der Waals surface area contributed by atoms with Gasteiger partial charge in [-0.05, 0) is 52.4 Å². The summed E-state index contributed by atoms with van der Waals surface area (Å²) in [6.45, 7) is 7.11. The molecule has 2 aliphatic rings. The first-order valence-electron chi connectivity index (χ1n) is 9.70. The lowest BCUT2D eigenvalue weighted by Crippen LogP contribution is -2.45. The summed E-state index contributed by atoms with van der Waals surface area (Å²) in [6, 6.07) is 0.403. The van der Waals surface area contributed by atoms with Gasteiger partial charge in [0.05, 0.1) is 11.7 Å². The van der Waals surface area contributed by atoms with Gasteiger partial charge in [0, 0.05) is 12.6 Å². The molecular formula is C19H32N4O. The van der Waals surface area contributed by atoms with Crippen LogP contribution >= 0.6 is 0 Å². The summed E-state index contributed by atoms with van der Waals surface area (Å²) in [7, 11) is 0. The molecule has 1 aromatic heterocycles. The molecule has 134 valence electrons. The van der Waals surface area contributed by atoms with E-state index in [-0.39, 0.29) is 11.4 Å². The van der Waals surface area contributed by atoms with Crippen molar-refractivity contribution in [2.24, 2.45) is 5.92 Å². The number of amides is 1. The van der Waals surface area contributed by atoms with Crippen LogP contribution in [0.2, 0.25) is 0 Å². The molecule has 1 saturated heterocycles.